The number of methoxy groups -OCH3 is 1. The summed E-state index contributed by atoms with van der Waals surface area (Å²) in [6, 6.07) is 9.96. The topological polar surface area (TPSA) is 50.3 Å². The van der Waals surface area contributed by atoms with E-state index in [0.717, 1.165) is 37.1 Å². The smallest absolute Gasteiger partial charge is 0.227 e. The first-order valence-electron chi connectivity index (χ1n) is 7.80. The molecular formula is C17H22N4O. The summed E-state index contributed by atoms with van der Waals surface area (Å²) in [5.41, 5.74) is 1.19. The lowest BCUT2D eigenvalue weighted by atomic mass is 10.1. The van der Waals surface area contributed by atoms with Crippen molar-refractivity contribution >= 4 is 11.8 Å². The predicted octanol–water partition coefficient (Wildman–Crippen LogP) is 3.09. The highest BCUT2D eigenvalue weighted by molar-refractivity contribution is 5.42. The maximum absolute atomic E-state index is 5.17. The Morgan fingerprint density at radius 1 is 1.09 bits per heavy atom. The average molecular weight is 298 g/mol. The molecule has 1 N–H and O–H groups in total. The molecule has 0 radical (unpaired) electrons. The minimum absolute atomic E-state index is 0.737. The van der Waals surface area contributed by atoms with Crippen molar-refractivity contribution in [2.45, 2.75) is 25.8 Å². The quantitative estimate of drug-likeness (QED) is 0.919. The third-order valence-electron chi connectivity index (χ3n) is 3.91. The van der Waals surface area contributed by atoms with Crippen LogP contribution < -0.4 is 15.0 Å². The first-order valence-corrected chi connectivity index (χ1v) is 7.80. The van der Waals surface area contributed by atoms with Crippen molar-refractivity contribution in [3.05, 3.63) is 42.1 Å². The molecule has 5 heteroatoms. The van der Waals surface area contributed by atoms with Gasteiger partial charge >= 0.3 is 0 Å². The number of aromatic nitrogens is 2. The molecule has 2 heterocycles. The number of hydrogen-bond donors (Lipinski definition) is 1. The van der Waals surface area contributed by atoms with Crippen LogP contribution in [0.3, 0.4) is 0 Å². The fourth-order valence-electron chi connectivity index (χ4n) is 2.63. The summed E-state index contributed by atoms with van der Waals surface area (Å²) >= 11 is 0. The number of piperidine rings is 1. The van der Waals surface area contributed by atoms with E-state index in [1.165, 1.54) is 24.8 Å². The van der Waals surface area contributed by atoms with E-state index in [0.29, 0.717) is 0 Å². The molecule has 0 aliphatic carbocycles. The van der Waals surface area contributed by atoms with Crippen LogP contribution >= 0.6 is 0 Å². The van der Waals surface area contributed by atoms with Gasteiger partial charge in [0.15, 0.2) is 0 Å². The molecule has 0 atom stereocenters. The minimum Gasteiger partial charge on any atom is -0.497 e. The van der Waals surface area contributed by atoms with E-state index in [-0.39, 0.29) is 0 Å². The molecule has 1 saturated heterocycles. The summed E-state index contributed by atoms with van der Waals surface area (Å²) in [5, 5.41) is 3.36. The molecular weight excluding hydrogens is 276 g/mol. The van der Waals surface area contributed by atoms with Crippen LogP contribution in [0.4, 0.5) is 11.8 Å². The maximum atomic E-state index is 5.17. The summed E-state index contributed by atoms with van der Waals surface area (Å²) in [5.74, 6) is 2.57. The molecule has 116 valence electrons. The van der Waals surface area contributed by atoms with E-state index in [1.807, 2.05) is 24.4 Å². The summed E-state index contributed by atoms with van der Waals surface area (Å²) in [7, 11) is 1.68. The number of ether oxygens (including phenoxy) is 1. The molecule has 0 saturated carbocycles. The number of hydrogen-bond acceptors (Lipinski definition) is 5. The van der Waals surface area contributed by atoms with Crippen molar-refractivity contribution in [3.8, 4) is 5.75 Å². The van der Waals surface area contributed by atoms with Crippen LogP contribution in [0.5, 0.6) is 5.75 Å². The predicted molar refractivity (Wildman–Crippen MR) is 88.4 cm³/mol. The van der Waals surface area contributed by atoms with Gasteiger partial charge in [-0.25, -0.2) is 4.98 Å². The van der Waals surface area contributed by atoms with Crippen molar-refractivity contribution in [1.82, 2.24) is 9.97 Å². The fraction of sp³-hybridized carbons (Fsp3) is 0.412. The molecule has 0 bridgehead atoms. The second kappa shape index (κ2) is 7.11. The highest BCUT2D eigenvalue weighted by Crippen LogP contribution is 2.17. The van der Waals surface area contributed by atoms with Gasteiger partial charge in [0.25, 0.3) is 0 Å². The van der Waals surface area contributed by atoms with Crippen LogP contribution in [-0.4, -0.2) is 30.2 Å². The number of benzene rings is 1. The highest BCUT2D eigenvalue weighted by Gasteiger charge is 2.13. The Hall–Kier alpha value is -2.30. The molecule has 3 rings (SSSR count). The van der Waals surface area contributed by atoms with Gasteiger partial charge < -0.3 is 15.0 Å². The lowest BCUT2D eigenvalue weighted by molar-refractivity contribution is 0.414. The molecule has 1 aromatic heterocycles. The second-order valence-corrected chi connectivity index (χ2v) is 5.49. The zero-order chi connectivity index (χ0) is 15.2. The van der Waals surface area contributed by atoms with E-state index in [9.17, 15) is 0 Å². The van der Waals surface area contributed by atoms with Crippen LogP contribution in [0.2, 0.25) is 0 Å². The van der Waals surface area contributed by atoms with Gasteiger partial charge in [0, 0.05) is 25.8 Å². The first kappa shape index (κ1) is 14.6. The standard InChI is InChI=1S/C17H22N4O/c1-22-15-7-5-14(6-8-15)13-19-16-9-10-18-17(20-16)21-11-3-2-4-12-21/h5-10H,2-4,11-13H2,1H3,(H,18,19,20). The summed E-state index contributed by atoms with van der Waals surface area (Å²) < 4.78 is 5.17. The molecule has 1 fully saturated rings. The normalized spacial score (nSPS) is 14.7. The summed E-state index contributed by atoms with van der Waals surface area (Å²) in [6.45, 7) is 2.85. The van der Waals surface area contributed by atoms with Crippen LogP contribution in [0.1, 0.15) is 24.8 Å². The average Bonchev–Trinajstić information content (AvgIpc) is 2.61. The van der Waals surface area contributed by atoms with Gasteiger partial charge in [-0.2, -0.15) is 4.98 Å². The molecule has 1 aliphatic rings. The molecule has 0 unspecified atom stereocenters. The van der Waals surface area contributed by atoms with Gasteiger partial charge in [-0.1, -0.05) is 12.1 Å². The molecule has 22 heavy (non-hydrogen) atoms. The van der Waals surface area contributed by atoms with Gasteiger partial charge in [0.2, 0.25) is 5.95 Å². The zero-order valence-corrected chi connectivity index (χ0v) is 13.0. The second-order valence-electron chi connectivity index (χ2n) is 5.49. The summed E-state index contributed by atoms with van der Waals surface area (Å²) in [4.78, 5) is 11.3. The Morgan fingerprint density at radius 2 is 1.86 bits per heavy atom. The third-order valence-corrected chi connectivity index (χ3v) is 3.91. The van der Waals surface area contributed by atoms with Gasteiger partial charge in [-0.15, -0.1) is 0 Å². The van der Waals surface area contributed by atoms with Crippen molar-refractivity contribution in [2.75, 3.05) is 30.4 Å². The number of nitrogens with zero attached hydrogens (tertiary/aromatic N) is 3. The van der Waals surface area contributed by atoms with E-state index >= 15 is 0 Å². The molecule has 0 amide bonds. The number of anilines is 2. The van der Waals surface area contributed by atoms with Crippen LogP contribution in [0.25, 0.3) is 0 Å². The Balaban J connectivity index is 1.62. The first-order chi connectivity index (χ1) is 10.8. The molecule has 1 aliphatic heterocycles. The number of nitrogens with one attached hydrogen (secondary N) is 1. The van der Waals surface area contributed by atoms with Crippen molar-refractivity contribution in [2.24, 2.45) is 0 Å². The third kappa shape index (κ3) is 3.67. The van der Waals surface area contributed by atoms with Gasteiger partial charge in [0.05, 0.1) is 7.11 Å². The Bertz CT molecular complexity index is 594. The molecule has 5 nitrogen and oxygen atoms in total. The van der Waals surface area contributed by atoms with E-state index in [4.69, 9.17) is 4.74 Å². The maximum Gasteiger partial charge on any atom is 0.227 e. The Kier molecular flexibility index (Phi) is 4.73. The van der Waals surface area contributed by atoms with Crippen molar-refractivity contribution in [1.29, 1.82) is 0 Å². The molecule has 2 aromatic rings. The van der Waals surface area contributed by atoms with E-state index < -0.39 is 0 Å². The largest absolute Gasteiger partial charge is 0.497 e. The van der Waals surface area contributed by atoms with Crippen LogP contribution in [-0.2, 0) is 6.54 Å². The lowest BCUT2D eigenvalue weighted by Gasteiger charge is -2.26. The van der Waals surface area contributed by atoms with E-state index in [2.05, 4.69) is 32.3 Å². The van der Waals surface area contributed by atoms with Gasteiger partial charge in [-0.05, 0) is 43.0 Å². The Morgan fingerprint density at radius 3 is 2.59 bits per heavy atom. The SMILES string of the molecule is COc1ccc(CNc2ccnc(N3CCCCC3)n2)cc1. The highest BCUT2D eigenvalue weighted by atomic mass is 16.5. The molecule has 0 spiro atoms. The molecule has 1 aromatic carbocycles. The summed E-state index contributed by atoms with van der Waals surface area (Å²) in [6.07, 6.45) is 5.60. The van der Waals surface area contributed by atoms with Crippen molar-refractivity contribution < 1.29 is 4.74 Å². The minimum atomic E-state index is 0.737. The Labute approximate surface area is 131 Å². The number of rotatable bonds is 5. The van der Waals surface area contributed by atoms with Gasteiger partial charge in [-0.3, -0.25) is 0 Å². The van der Waals surface area contributed by atoms with Crippen molar-refractivity contribution in [3.63, 3.8) is 0 Å². The monoisotopic (exact) mass is 298 g/mol. The van der Waals surface area contributed by atoms with E-state index in [1.54, 1.807) is 7.11 Å². The lowest BCUT2D eigenvalue weighted by Crippen LogP contribution is -2.31. The zero-order valence-electron chi connectivity index (χ0n) is 13.0. The van der Waals surface area contributed by atoms with Crippen LogP contribution in [0, 0.1) is 0 Å². The van der Waals surface area contributed by atoms with Crippen LogP contribution in [0.15, 0.2) is 36.5 Å². The fourth-order valence-corrected chi connectivity index (χ4v) is 2.63. The van der Waals surface area contributed by atoms with Gasteiger partial charge in [0.1, 0.15) is 11.6 Å².